The predicted molar refractivity (Wildman–Crippen MR) is 111 cm³/mol. The van der Waals surface area contributed by atoms with Crippen LogP contribution in [0.5, 0.6) is 0 Å². The Kier molecular flexibility index (Phi) is 6.86. The molecule has 0 saturated heterocycles. The van der Waals surface area contributed by atoms with Gasteiger partial charge in [0.1, 0.15) is 0 Å². The van der Waals surface area contributed by atoms with Gasteiger partial charge in [-0.3, -0.25) is 0 Å². The molecule has 128 valence electrons. The highest BCUT2D eigenvalue weighted by Crippen LogP contribution is 2.38. The van der Waals surface area contributed by atoms with Gasteiger partial charge in [-0.15, -0.1) is 11.3 Å². The van der Waals surface area contributed by atoms with Crippen LogP contribution in [0.25, 0.3) is 16.2 Å². The smallest absolute Gasteiger partial charge is 0.0698 e. The highest BCUT2D eigenvalue weighted by atomic mass is 32.1. The molecule has 2 aliphatic rings. The fourth-order valence-electron chi connectivity index (χ4n) is 3.12. The van der Waals surface area contributed by atoms with Crippen molar-refractivity contribution < 1.29 is 0 Å². The van der Waals surface area contributed by atoms with E-state index in [4.69, 9.17) is 0 Å². The van der Waals surface area contributed by atoms with E-state index in [1.165, 1.54) is 38.9 Å². The molecule has 1 aromatic carbocycles. The van der Waals surface area contributed by atoms with Crippen LogP contribution in [-0.4, -0.2) is 0 Å². The van der Waals surface area contributed by atoms with Gasteiger partial charge in [-0.1, -0.05) is 45.9 Å². The molecule has 2 aromatic rings. The Labute approximate surface area is 150 Å². The van der Waals surface area contributed by atoms with Gasteiger partial charge in [0.05, 0.1) is 6.04 Å². The summed E-state index contributed by atoms with van der Waals surface area (Å²) in [6.07, 6.45) is 15.4. The van der Waals surface area contributed by atoms with Crippen LogP contribution in [0.2, 0.25) is 0 Å². The summed E-state index contributed by atoms with van der Waals surface area (Å²) < 4.78 is 1.43. The second-order valence-corrected chi connectivity index (χ2v) is 6.56. The van der Waals surface area contributed by atoms with Gasteiger partial charge < -0.3 is 5.32 Å². The number of allylic oxidation sites excluding steroid dienone is 3. The van der Waals surface area contributed by atoms with Crippen molar-refractivity contribution in [2.24, 2.45) is 0 Å². The van der Waals surface area contributed by atoms with Gasteiger partial charge in [0.2, 0.25) is 0 Å². The summed E-state index contributed by atoms with van der Waals surface area (Å²) in [6.45, 7) is 10.2. The first-order valence-electron chi connectivity index (χ1n) is 9.15. The summed E-state index contributed by atoms with van der Waals surface area (Å²) in [5.74, 6) is 0. The molecule has 1 aromatic heterocycles. The Balaban J connectivity index is 0.000000487. The fraction of sp³-hybridized carbons (Fsp3) is 0.364. The zero-order chi connectivity index (χ0) is 17.5. The molecule has 1 nitrogen and oxygen atoms in total. The molecule has 0 radical (unpaired) electrons. The van der Waals surface area contributed by atoms with E-state index in [2.05, 4.69) is 48.7 Å². The molecule has 2 heterocycles. The Morgan fingerprint density at radius 1 is 1.08 bits per heavy atom. The molecule has 2 heteroatoms. The van der Waals surface area contributed by atoms with Crippen molar-refractivity contribution in [3.05, 3.63) is 64.2 Å². The maximum atomic E-state index is 3.44. The second-order valence-electron chi connectivity index (χ2n) is 5.48. The van der Waals surface area contributed by atoms with Crippen LogP contribution in [0.15, 0.2) is 42.6 Å². The lowest BCUT2D eigenvalue weighted by atomic mass is 9.94. The van der Waals surface area contributed by atoms with Gasteiger partial charge in [-0.05, 0) is 72.3 Å². The number of nitrogens with one attached hydrogen (secondary N) is 1. The average molecular weight is 340 g/mol. The van der Waals surface area contributed by atoms with Gasteiger partial charge in [0, 0.05) is 9.58 Å². The molecule has 0 amide bonds. The van der Waals surface area contributed by atoms with Crippen LogP contribution in [0.4, 0.5) is 0 Å². The Morgan fingerprint density at radius 3 is 2.58 bits per heavy atom. The molecule has 4 rings (SSSR count). The molecule has 24 heavy (non-hydrogen) atoms. The van der Waals surface area contributed by atoms with Crippen molar-refractivity contribution in [2.75, 3.05) is 0 Å². The zero-order valence-electron chi connectivity index (χ0n) is 15.5. The van der Waals surface area contributed by atoms with E-state index in [-0.39, 0.29) is 0 Å². The largest absolute Gasteiger partial charge is 0.381 e. The van der Waals surface area contributed by atoms with Crippen LogP contribution in [-0.2, 0) is 6.42 Å². The monoisotopic (exact) mass is 339 g/mol. The number of rotatable bonds is 1. The predicted octanol–water partition coefficient (Wildman–Crippen LogP) is 6.94. The van der Waals surface area contributed by atoms with Crippen molar-refractivity contribution in [1.29, 1.82) is 0 Å². The second kappa shape index (κ2) is 8.89. The van der Waals surface area contributed by atoms with E-state index in [1.807, 2.05) is 51.3 Å². The summed E-state index contributed by atoms with van der Waals surface area (Å²) >= 11 is 1.93. The molecular formula is C22H29NS. The van der Waals surface area contributed by atoms with Gasteiger partial charge in [-0.25, -0.2) is 0 Å². The third-order valence-corrected chi connectivity index (χ3v) is 5.32. The van der Waals surface area contributed by atoms with E-state index in [9.17, 15) is 0 Å². The number of dihydropyridines is 1. The number of hydrogen-bond donors (Lipinski definition) is 1. The lowest BCUT2D eigenvalue weighted by Gasteiger charge is -2.19. The summed E-state index contributed by atoms with van der Waals surface area (Å²) in [5, 5.41) is 4.89. The third-order valence-electron chi connectivity index (χ3n) is 4.16. The van der Waals surface area contributed by atoms with Crippen LogP contribution in [0.1, 0.15) is 61.7 Å². The first kappa shape index (κ1) is 18.5. The minimum atomic E-state index is 0.305. The number of benzene rings is 1. The Morgan fingerprint density at radius 2 is 1.88 bits per heavy atom. The van der Waals surface area contributed by atoms with E-state index in [0.29, 0.717) is 6.04 Å². The minimum absolute atomic E-state index is 0.305. The standard InChI is InChI=1S/C18H17NS.2C2H6/c1-12-10-18-15(13-6-2-3-8-17(13)20-18)11-14(12)16-7-4-5-9-19-16;2*1-2/h3-5,7-11,16,19H,2,6H2,1H3;2*1-2H3. The van der Waals surface area contributed by atoms with Gasteiger partial charge in [0.15, 0.2) is 0 Å². The van der Waals surface area contributed by atoms with E-state index >= 15 is 0 Å². The van der Waals surface area contributed by atoms with Crippen molar-refractivity contribution in [3.8, 4) is 0 Å². The van der Waals surface area contributed by atoms with Crippen LogP contribution in [0, 0.1) is 6.92 Å². The number of aryl methyl sites for hydroxylation is 2. The summed E-state index contributed by atoms with van der Waals surface area (Å²) in [5.41, 5.74) is 4.31. The fourth-order valence-corrected chi connectivity index (χ4v) is 4.38. The SMILES string of the molecule is CC.CC.Cc1cc2sc3c(c2cc1C1C=CC=CN1)CCC=C3. The molecule has 0 spiro atoms. The minimum Gasteiger partial charge on any atom is -0.381 e. The lowest BCUT2D eigenvalue weighted by Crippen LogP contribution is -2.15. The maximum Gasteiger partial charge on any atom is 0.0698 e. The molecule has 1 aliphatic carbocycles. The first-order valence-corrected chi connectivity index (χ1v) is 9.96. The topological polar surface area (TPSA) is 12.0 Å². The van der Waals surface area contributed by atoms with E-state index < -0.39 is 0 Å². The summed E-state index contributed by atoms with van der Waals surface area (Å²) in [4.78, 5) is 1.45. The molecule has 0 fully saturated rings. The highest BCUT2D eigenvalue weighted by Gasteiger charge is 2.17. The number of fused-ring (bicyclic) bond motifs is 3. The molecule has 1 atom stereocenters. The quantitative estimate of drug-likeness (QED) is 0.593. The number of hydrogen-bond acceptors (Lipinski definition) is 2. The van der Waals surface area contributed by atoms with Crippen molar-refractivity contribution in [1.82, 2.24) is 5.32 Å². The first-order chi connectivity index (χ1) is 11.8. The van der Waals surface area contributed by atoms with Crippen molar-refractivity contribution in [2.45, 2.75) is 53.5 Å². The lowest BCUT2D eigenvalue weighted by molar-refractivity contribution is 0.742. The van der Waals surface area contributed by atoms with Crippen LogP contribution < -0.4 is 5.32 Å². The van der Waals surface area contributed by atoms with Crippen molar-refractivity contribution in [3.63, 3.8) is 0 Å². The van der Waals surface area contributed by atoms with Crippen LogP contribution in [0.3, 0.4) is 0 Å². The Bertz CT molecular complexity index is 762. The van der Waals surface area contributed by atoms with Gasteiger partial charge >= 0.3 is 0 Å². The molecule has 1 N–H and O–H groups in total. The van der Waals surface area contributed by atoms with E-state index in [1.54, 1.807) is 5.56 Å². The maximum absolute atomic E-state index is 3.44. The normalized spacial score (nSPS) is 17.3. The summed E-state index contributed by atoms with van der Waals surface area (Å²) in [7, 11) is 0. The van der Waals surface area contributed by atoms with Crippen molar-refractivity contribution >= 4 is 27.5 Å². The molecule has 0 saturated carbocycles. The molecule has 1 unspecified atom stereocenters. The van der Waals surface area contributed by atoms with E-state index in [0.717, 1.165) is 0 Å². The molecule has 1 aliphatic heterocycles. The van der Waals surface area contributed by atoms with Gasteiger partial charge in [-0.2, -0.15) is 0 Å². The Hall–Kier alpha value is -1.80. The van der Waals surface area contributed by atoms with Gasteiger partial charge in [0.25, 0.3) is 0 Å². The number of thiophene rings is 1. The average Bonchev–Trinajstić information content (AvgIpc) is 3.02. The third kappa shape index (κ3) is 3.64. The zero-order valence-corrected chi connectivity index (χ0v) is 16.3. The molecular weight excluding hydrogens is 310 g/mol. The van der Waals surface area contributed by atoms with Crippen LogP contribution >= 0.6 is 11.3 Å². The molecule has 0 bridgehead atoms. The highest BCUT2D eigenvalue weighted by molar-refractivity contribution is 7.20. The summed E-state index contributed by atoms with van der Waals surface area (Å²) in [6, 6.07) is 5.06.